The Hall–Kier alpha value is -9.32. The maximum absolute atomic E-state index is 12.1. The molecule has 9 aliphatic rings. The number of nitrogens with zero attached hydrogens (tertiary/aromatic N) is 6. The van der Waals surface area contributed by atoms with E-state index in [-0.39, 0.29) is 38.5 Å². The second-order valence-corrected chi connectivity index (χ2v) is 24.7. The van der Waals surface area contributed by atoms with E-state index in [2.05, 4.69) is 79.6 Å². The second-order valence-electron chi connectivity index (χ2n) is 24.7. The van der Waals surface area contributed by atoms with Crippen LogP contribution < -0.4 is 49.1 Å². The number of carbonyl (C=O) groups is 6. The highest BCUT2D eigenvalue weighted by atomic mass is 16.7. The Bertz CT molecular complexity index is 4180. The Morgan fingerprint density at radius 3 is 1.80 bits per heavy atom. The molecule has 5 aromatic carbocycles. The Labute approximate surface area is 522 Å². The minimum Gasteiger partial charge on any atom is -0.494 e. The van der Waals surface area contributed by atoms with Crippen LogP contribution in [-0.4, -0.2) is 113 Å². The van der Waals surface area contributed by atoms with E-state index in [0.29, 0.717) is 49.0 Å². The average Bonchev–Trinajstić information content (AvgIpc) is 0.934. The summed E-state index contributed by atoms with van der Waals surface area (Å²) < 4.78 is 30.2. The molecule has 464 valence electrons. The topological polar surface area (TPSA) is 181 Å². The number of carbonyl (C=O) groups excluding carboxylic acids is 6. The van der Waals surface area contributed by atoms with Crippen molar-refractivity contribution in [3.63, 3.8) is 0 Å². The van der Waals surface area contributed by atoms with Gasteiger partial charge in [-0.2, -0.15) is 0 Å². The third kappa shape index (κ3) is 12.0. The van der Waals surface area contributed by atoms with Gasteiger partial charge >= 0.3 is 11.9 Å². The lowest BCUT2D eigenvalue weighted by Gasteiger charge is -2.39. The van der Waals surface area contributed by atoms with Gasteiger partial charge in [-0.15, -0.1) is 10.1 Å². The van der Waals surface area contributed by atoms with Crippen LogP contribution in [0.5, 0.6) is 23.0 Å². The predicted molar refractivity (Wildman–Crippen MR) is 339 cm³/mol. The minimum absolute atomic E-state index is 0.0829. The van der Waals surface area contributed by atoms with Crippen LogP contribution in [0.3, 0.4) is 0 Å². The Morgan fingerprint density at radius 2 is 1.18 bits per heavy atom. The Kier molecular flexibility index (Phi) is 17.0. The fraction of sp³-hybridized carbons (Fsp3) is 0.389. The van der Waals surface area contributed by atoms with Gasteiger partial charge in [0.2, 0.25) is 10.7 Å². The molecule has 18 nitrogen and oxygen atoms in total. The van der Waals surface area contributed by atoms with E-state index in [9.17, 15) is 28.8 Å². The second kappa shape index (κ2) is 25.6. The molecule has 0 spiro atoms. The van der Waals surface area contributed by atoms with Crippen molar-refractivity contribution in [2.75, 3.05) is 77.4 Å². The number of ether oxygens (including phenoxy) is 3. The van der Waals surface area contributed by atoms with Crippen molar-refractivity contribution in [2.45, 2.75) is 116 Å². The zero-order chi connectivity index (χ0) is 62.2. The molecular weight excluding hydrogens is 1140 g/mol. The highest BCUT2D eigenvalue weighted by molar-refractivity contribution is 6.04. The molecular formula is C72H76N6O12+2. The first-order valence-corrected chi connectivity index (χ1v) is 32.0. The molecule has 18 heteroatoms. The first-order chi connectivity index (χ1) is 43.7. The molecule has 2 fully saturated rings. The number of anilines is 2. The number of hydrogen-bond donors (Lipinski definition) is 0. The van der Waals surface area contributed by atoms with Crippen LogP contribution in [0.1, 0.15) is 123 Å². The van der Waals surface area contributed by atoms with Gasteiger partial charge in [-0.25, -0.2) is 18.7 Å². The molecule has 0 radical (unpaired) electrons. The summed E-state index contributed by atoms with van der Waals surface area (Å²) in [6, 6.07) is 33.8. The number of hydroxylamine groups is 4. The number of imide groups is 2. The van der Waals surface area contributed by atoms with E-state index in [0.717, 1.165) is 138 Å². The van der Waals surface area contributed by atoms with Crippen molar-refractivity contribution in [2.24, 2.45) is 0 Å². The standard InChI is InChI=1S/C40H42N3O6.C32H34N3O6/c44-33-16-17-34(45)43(33)49-35(46)11-1-2-22-47-28-14-12-25(13-15-28)36-31-23-26-7-3-18-41-20-5-9-29(37(26)41)39(31)48-40-30-10-6-21-42-19-4-8-27(38(30)42)24-32(36)40;1-33(2)22-10-14-25-27(19-22)40-28-20-23(34(3)4)11-15-26(28)32(25)21-8-12-24(13-9-21)39-18-6-5-7-31(38)41-35-29(36)16-17-30(35)37/h12-15,23-24H,1-11,16-22H2;8-15,19-20H,5-7,16-18H2,1-4H3/q2*+1. The lowest BCUT2D eigenvalue weighted by molar-refractivity contribution is -0.197. The highest BCUT2D eigenvalue weighted by Crippen LogP contribution is 2.49. The summed E-state index contributed by atoms with van der Waals surface area (Å²) in [5.74, 6) is 1.40. The van der Waals surface area contributed by atoms with Crippen LogP contribution >= 0.6 is 0 Å². The van der Waals surface area contributed by atoms with Gasteiger partial charge in [-0.1, -0.05) is 24.3 Å². The molecule has 1 aliphatic carbocycles. The summed E-state index contributed by atoms with van der Waals surface area (Å²) in [6.07, 6.45) is 11.9. The van der Waals surface area contributed by atoms with E-state index in [4.69, 9.17) is 28.3 Å². The summed E-state index contributed by atoms with van der Waals surface area (Å²) in [4.78, 5) is 85.2. The van der Waals surface area contributed by atoms with Gasteiger partial charge in [-0.3, -0.25) is 19.2 Å². The van der Waals surface area contributed by atoms with Gasteiger partial charge in [0.25, 0.3) is 23.6 Å². The minimum atomic E-state index is -0.595. The number of unbranched alkanes of at least 4 members (excludes halogenated alkanes) is 2. The van der Waals surface area contributed by atoms with Gasteiger partial charge in [0.05, 0.1) is 24.8 Å². The highest BCUT2D eigenvalue weighted by Gasteiger charge is 2.37. The number of amides is 4. The summed E-state index contributed by atoms with van der Waals surface area (Å²) in [6.45, 7) is 5.39. The molecule has 4 amide bonds. The van der Waals surface area contributed by atoms with Crippen molar-refractivity contribution < 1.29 is 57.1 Å². The van der Waals surface area contributed by atoms with Crippen LogP contribution in [-0.2, 0) is 64.1 Å². The quantitative estimate of drug-likeness (QED) is 0.0365. The average molecular weight is 1220 g/mol. The molecule has 8 heterocycles. The van der Waals surface area contributed by atoms with Gasteiger partial charge in [0.1, 0.15) is 61.5 Å². The lowest BCUT2D eigenvalue weighted by atomic mass is 9.82. The smallest absolute Gasteiger partial charge is 0.333 e. The molecule has 0 N–H and O–H groups in total. The third-order valence-electron chi connectivity index (χ3n) is 18.2. The zero-order valence-corrected chi connectivity index (χ0v) is 51.8. The summed E-state index contributed by atoms with van der Waals surface area (Å²) >= 11 is 0. The lowest BCUT2D eigenvalue weighted by Crippen LogP contribution is -2.45. The van der Waals surface area contributed by atoms with Gasteiger partial charge in [-0.05, 0) is 135 Å². The van der Waals surface area contributed by atoms with Gasteiger partial charge < -0.3 is 38.1 Å². The largest absolute Gasteiger partial charge is 0.494 e. The number of aryl methyl sites for hydroxylation is 2. The molecule has 8 aliphatic heterocycles. The first kappa shape index (κ1) is 59.6. The molecule has 0 atom stereocenters. The van der Waals surface area contributed by atoms with Crippen molar-refractivity contribution in [1.82, 2.24) is 19.3 Å². The SMILES string of the molecule is CN(C)c1ccc2c(-c3ccc(OCCCCC(=O)ON4C(=O)CCC4=O)cc3)c3ccc(=[N+](C)C)cc-3oc2c1.O=C(CCCCOc1ccc(C2=c3cc4c5c(c3Oc3c2cc2c6c3CCCN6CCC2)CCC[N+]=5CCC4)cc1)ON1C(=O)CCC1=O. The molecule has 0 aromatic heterocycles. The molecule has 0 saturated carbocycles. The summed E-state index contributed by atoms with van der Waals surface area (Å²) in [5.41, 5.74) is 15.8. The molecule has 5 aromatic rings. The fourth-order valence-corrected chi connectivity index (χ4v) is 13.7. The van der Waals surface area contributed by atoms with E-state index < -0.39 is 35.6 Å². The Balaban J connectivity index is 0.000000168. The molecule has 90 heavy (non-hydrogen) atoms. The summed E-state index contributed by atoms with van der Waals surface area (Å²) in [7, 11) is 8.04. The van der Waals surface area contributed by atoms with Crippen LogP contribution in [0.25, 0.3) is 39.0 Å². The summed E-state index contributed by atoms with van der Waals surface area (Å²) in [5, 5.41) is 5.92. The van der Waals surface area contributed by atoms with Gasteiger partial charge in [0.15, 0.2) is 0 Å². The molecule has 0 bridgehead atoms. The van der Waals surface area contributed by atoms with Crippen LogP contribution in [0.4, 0.5) is 11.4 Å². The number of hydrogen-bond acceptors (Lipinski definition) is 14. The van der Waals surface area contributed by atoms with Crippen LogP contribution in [0.2, 0.25) is 0 Å². The fourth-order valence-electron chi connectivity index (χ4n) is 13.7. The molecule has 2 saturated heterocycles. The van der Waals surface area contributed by atoms with E-state index in [1.165, 1.54) is 62.5 Å². The monoisotopic (exact) mass is 1220 g/mol. The Morgan fingerprint density at radius 1 is 0.589 bits per heavy atom. The van der Waals surface area contributed by atoms with Crippen molar-refractivity contribution >= 4 is 63.5 Å². The number of benzene rings is 6. The van der Waals surface area contributed by atoms with Crippen molar-refractivity contribution in [3.8, 4) is 45.4 Å². The molecule has 0 unspecified atom stereocenters. The van der Waals surface area contributed by atoms with E-state index in [1.54, 1.807) is 0 Å². The third-order valence-corrected chi connectivity index (χ3v) is 18.2. The van der Waals surface area contributed by atoms with E-state index in [1.807, 2.05) is 64.6 Å². The van der Waals surface area contributed by atoms with Crippen molar-refractivity contribution in [3.05, 3.63) is 146 Å². The maximum Gasteiger partial charge on any atom is 0.333 e. The van der Waals surface area contributed by atoms with Crippen molar-refractivity contribution in [1.29, 1.82) is 0 Å². The molecule has 14 rings (SSSR count). The van der Waals surface area contributed by atoms with E-state index >= 15 is 0 Å². The zero-order valence-electron chi connectivity index (χ0n) is 51.8. The van der Waals surface area contributed by atoms with Crippen LogP contribution in [0.15, 0.2) is 101 Å². The normalized spacial score (nSPS) is 16.2. The van der Waals surface area contributed by atoms with Crippen LogP contribution in [0, 0.1) is 0 Å². The predicted octanol–water partition coefficient (Wildman–Crippen LogP) is 8.74. The number of rotatable bonds is 17. The number of fused-ring (bicyclic) bond motifs is 6. The maximum atomic E-state index is 12.1. The van der Waals surface area contributed by atoms with Gasteiger partial charge in [0, 0.05) is 146 Å². The first-order valence-electron chi connectivity index (χ1n) is 32.0.